The predicted octanol–water partition coefficient (Wildman–Crippen LogP) is 2.41. The van der Waals surface area contributed by atoms with Crippen molar-refractivity contribution in [1.82, 2.24) is 5.32 Å². The lowest BCUT2D eigenvalue weighted by Crippen LogP contribution is -2.27. The van der Waals surface area contributed by atoms with Crippen LogP contribution in [0.1, 0.15) is 18.4 Å². The van der Waals surface area contributed by atoms with Crippen molar-refractivity contribution in [2.75, 3.05) is 0 Å². The first-order valence-corrected chi connectivity index (χ1v) is 5.68. The molecule has 1 amide bonds. The molecular weight excluding hydrogens is 261 g/mol. The van der Waals surface area contributed by atoms with Crippen molar-refractivity contribution >= 4 is 21.8 Å². The molecule has 0 aliphatic carbocycles. The molecule has 1 aliphatic heterocycles. The van der Waals surface area contributed by atoms with E-state index in [-0.39, 0.29) is 17.8 Å². The van der Waals surface area contributed by atoms with Crippen LogP contribution in [-0.4, -0.2) is 11.9 Å². The van der Waals surface area contributed by atoms with Crippen LogP contribution < -0.4 is 5.32 Å². The summed E-state index contributed by atoms with van der Waals surface area (Å²) in [6.45, 7) is 0. The van der Waals surface area contributed by atoms with E-state index < -0.39 is 0 Å². The summed E-state index contributed by atoms with van der Waals surface area (Å²) in [6, 6.07) is 5.11. The molecule has 80 valence electrons. The zero-order chi connectivity index (χ0) is 10.8. The minimum atomic E-state index is -0.217. The molecule has 15 heavy (non-hydrogen) atoms. The first-order valence-electron chi connectivity index (χ1n) is 4.88. The molecular formula is C11H11BrFNO. The molecule has 2 rings (SSSR count). The molecule has 1 saturated heterocycles. The first-order chi connectivity index (χ1) is 7.15. The fourth-order valence-corrected chi connectivity index (χ4v) is 2.12. The molecule has 1 unspecified atom stereocenters. The summed E-state index contributed by atoms with van der Waals surface area (Å²) < 4.78 is 14.2. The number of nitrogens with one attached hydrogen (secondary N) is 1. The number of hydrogen-bond acceptors (Lipinski definition) is 1. The Bertz CT molecular complexity index is 394. The minimum Gasteiger partial charge on any atom is -0.353 e. The molecule has 0 radical (unpaired) electrons. The van der Waals surface area contributed by atoms with Gasteiger partial charge in [0.2, 0.25) is 5.91 Å². The number of amides is 1. The van der Waals surface area contributed by atoms with E-state index in [0.717, 1.165) is 10.9 Å². The highest BCUT2D eigenvalue weighted by atomic mass is 79.9. The molecule has 2 nitrogen and oxygen atoms in total. The highest BCUT2D eigenvalue weighted by molar-refractivity contribution is 9.10. The van der Waals surface area contributed by atoms with Crippen molar-refractivity contribution in [2.45, 2.75) is 25.3 Å². The summed E-state index contributed by atoms with van der Waals surface area (Å²) in [5.74, 6) is -0.150. The molecule has 1 aromatic carbocycles. The SMILES string of the molecule is O=C1CCC(Cc2ccc(Br)cc2F)N1. The van der Waals surface area contributed by atoms with Crippen LogP contribution in [0.25, 0.3) is 0 Å². The third-order valence-corrected chi connectivity index (χ3v) is 3.06. The monoisotopic (exact) mass is 271 g/mol. The number of rotatable bonds is 2. The third-order valence-electron chi connectivity index (χ3n) is 2.57. The van der Waals surface area contributed by atoms with Crippen molar-refractivity contribution < 1.29 is 9.18 Å². The van der Waals surface area contributed by atoms with Crippen molar-refractivity contribution in [1.29, 1.82) is 0 Å². The van der Waals surface area contributed by atoms with Crippen LogP contribution in [0.2, 0.25) is 0 Å². The van der Waals surface area contributed by atoms with Gasteiger partial charge in [0, 0.05) is 16.9 Å². The molecule has 0 aromatic heterocycles. The van der Waals surface area contributed by atoms with E-state index in [2.05, 4.69) is 21.2 Å². The summed E-state index contributed by atoms with van der Waals surface area (Å²) >= 11 is 3.21. The standard InChI is InChI=1S/C11H11BrFNO/c12-8-2-1-7(10(13)6-8)5-9-3-4-11(15)14-9/h1-2,6,9H,3-5H2,(H,14,15). The Morgan fingerprint density at radius 1 is 1.53 bits per heavy atom. The highest BCUT2D eigenvalue weighted by Crippen LogP contribution is 2.19. The van der Waals surface area contributed by atoms with Crippen LogP contribution >= 0.6 is 15.9 Å². The van der Waals surface area contributed by atoms with Gasteiger partial charge < -0.3 is 5.32 Å². The number of benzene rings is 1. The summed E-state index contributed by atoms with van der Waals surface area (Å²) in [5.41, 5.74) is 0.658. The van der Waals surface area contributed by atoms with Gasteiger partial charge in [-0.25, -0.2) is 4.39 Å². The number of halogens is 2. The summed E-state index contributed by atoms with van der Waals surface area (Å²) in [6.07, 6.45) is 1.93. The van der Waals surface area contributed by atoms with E-state index in [1.54, 1.807) is 6.07 Å². The van der Waals surface area contributed by atoms with Gasteiger partial charge in [0.1, 0.15) is 5.82 Å². The summed E-state index contributed by atoms with van der Waals surface area (Å²) in [4.78, 5) is 11.0. The predicted molar refractivity (Wildman–Crippen MR) is 59.0 cm³/mol. The lowest BCUT2D eigenvalue weighted by molar-refractivity contribution is -0.119. The van der Waals surface area contributed by atoms with Gasteiger partial charge in [0.25, 0.3) is 0 Å². The van der Waals surface area contributed by atoms with Gasteiger partial charge in [-0.1, -0.05) is 22.0 Å². The normalized spacial score (nSPS) is 20.4. The fourth-order valence-electron chi connectivity index (χ4n) is 1.78. The number of carbonyl (C=O) groups is 1. The molecule has 4 heteroatoms. The van der Waals surface area contributed by atoms with Crippen molar-refractivity contribution in [3.8, 4) is 0 Å². The van der Waals surface area contributed by atoms with Crippen molar-refractivity contribution in [2.24, 2.45) is 0 Å². The Kier molecular flexibility index (Phi) is 3.05. The van der Waals surface area contributed by atoms with Gasteiger partial charge >= 0.3 is 0 Å². The average molecular weight is 272 g/mol. The van der Waals surface area contributed by atoms with E-state index >= 15 is 0 Å². The largest absolute Gasteiger partial charge is 0.353 e. The summed E-state index contributed by atoms with van der Waals surface area (Å²) in [7, 11) is 0. The van der Waals surface area contributed by atoms with E-state index in [4.69, 9.17) is 0 Å². The second kappa shape index (κ2) is 4.31. The maximum Gasteiger partial charge on any atom is 0.220 e. The molecule has 1 aromatic rings. The fraction of sp³-hybridized carbons (Fsp3) is 0.364. The quantitative estimate of drug-likeness (QED) is 0.880. The van der Waals surface area contributed by atoms with Crippen LogP contribution in [0.5, 0.6) is 0 Å². The Morgan fingerprint density at radius 2 is 2.33 bits per heavy atom. The van der Waals surface area contributed by atoms with E-state index in [0.29, 0.717) is 18.4 Å². The maximum absolute atomic E-state index is 13.5. The number of hydrogen-bond donors (Lipinski definition) is 1. The van der Waals surface area contributed by atoms with Crippen molar-refractivity contribution in [3.63, 3.8) is 0 Å². The molecule has 1 atom stereocenters. The second-order valence-corrected chi connectivity index (χ2v) is 4.66. The van der Waals surface area contributed by atoms with Crippen LogP contribution in [0.4, 0.5) is 4.39 Å². The third kappa shape index (κ3) is 2.56. The van der Waals surface area contributed by atoms with Gasteiger partial charge in [0.15, 0.2) is 0 Å². The van der Waals surface area contributed by atoms with Gasteiger partial charge in [-0.3, -0.25) is 4.79 Å². The van der Waals surface area contributed by atoms with E-state index in [9.17, 15) is 9.18 Å². The lowest BCUT2D eigenvalue weighted by Gasteiger charge is -2.10. The number of carbonyl (C=O) groups excluding carboxylic acids is 1. The Balaban J connectivity index is 2.07. The molecule has 0 spiro atoms. The van der Waals surface area contributed by atoms with Crippen molar-refractivity contribution in [3.05, 3.63) is 34.1 Å². The molecule has 0 saturated carbocycles. The molecule has 0 bridgehead atoms. The minimum absolute atomic E-state index is 0.0671. The van der Waals surface area contributed by atoms with E-state index in [1.807, 2.05) is 6.07 Å². The zero-order valence-corrected chi connectivity index (χ0v) is 9.68. The Hall–Kier alpha value is -0.900. The maximum atomic E-state index is 13.5. The second-order valence-electron chi connectivity index (χ2n) is 3.74. The highest BCUT2D eigenvalue weighted by Gasteiger charge is 2.21. The summed E-state index contributed by atoms with van der Waals surface area (Å²) in [5, 5.41) is 2.83. The molecule has 1 aliphatic rings. The topological polar surface area (TPSA) is 29.1 Å². The van der Waals surface area contributed by atoms with Crippen LogP contribution in [0.3, 0.4) is 0 Å². The first kappa shape index (κ1) is 10.6. The van der Waals surface area contributed by atoms with Gasteiger partial charge in [-0.2, -0.15) is 0 Å². The lowest BCUT2D eigenvalue weighted by atomic mass is 10.0. The Labute approximate surface area is 96.0 Å². The van der Waals surface area contributed by atoms with Gasteiger partial charge in [0.05, 0.1) is 0 Å². The molecule has 1 heterocycles. The van der Waals surface area contributed by atoms with Crippen LogP contribution in [0.15, 0.2) is 22.7 Å². The Morgan fingerprint density at radius 3 is 2.93 bits per heavy atom. The molecule has 1 fully saturated rings. The smallest absolute Gasteiger partial charge is 0.220 e. The van der Waals surface area contributed by atoms with Crippen LogP contribution in [0, 0.1) is 5.82 Å². The van der Waals surface area contributed by atoms with Crippen LogP contribution in [-0.2, 0) is 11.2 Å². The zero-order valence-electron chi connectivity index (χ0n) is 8.09. The molecule has 1 N–H and O–H groups in total. The average Bonchev–Trinajstić information content (AvgIpc) is 2.56. The van der Waals surface area contributed by atoms with E-state index in [1.165, 1.54) is 6.07 Å². The van der Waals surface area contributed by atoms with Gasteiger partial charge in [-0.05, 0) is 30.5 Å². The van der Waals surface area contributed by atoms with Gasteiger partial charge in [-0.15, -0.1) is 0 Å².